The summed E-state index contributed by atoms with van der Waals surface area (Å²) in [4.78, 5) is 12.8. The van der Waals surface area contributed by atoms with Crippen LogP contribution in [0.25, 0.3) is 0 Å². The first-order valence-electron chi connectivity index (χ1n) is 5.90. The number of primary amides is 1. The lowest BCUT2D eigenvalue weighted by Gasteiger charge is -2.24. The summed E-state index contributed by atoms with van der Waals surface area (Å²) >= 11 is 0. The second-order valence-electron chi connectivity index (χ2n) is 4.31. The predicted octanol–water partition coefficient (Wildman–Crippen LogP) is 1.40. The SMILES string of the molecule is CC(C)N(CCOc1ccccc1F)CC(N)=O. The molecule has 1 aromatic carbocycles. The molecule has 0 atom stereocenters. The highest BCUT2D eigenvalue weighted by atomic mass is 19.1. The third-order valence-corrected chi connectivity index (χ3v) is 2.56. The van der Waals surface area contributed by atoms with Crippen LogP contribution >= 0.6 is 0 Å². The van der Waals surface area contributed by atoms with Gasteiger partial charge in [0, 0.05) is 12.6 Å². The molecule has 2 N–H and O–H groups in total. The number of benzene rings is 1. The summed E-state index contributed by atoms with van der Waals surface area (Å²) in [7, 11) is 0. The summed E-state index contributed by atoms with van der Waals surface area (Å²) < 4.78 is 18.6. The molecule has 0 aromatic heterocycles. The van der Waals surface area contributed by atoms with Crippen molar-refractivity contribution < 1.29 is 13.9 Å². The van der Waals surface area contributed by atoms with Gasteiger partial charge in [-0.15, -0.1) is 0 Å². The molecule has 1 amide bonds. The largest absolute Gasteiger partial charge is 0.489 e. The number of halogens is 1. The lowest BCUT2D eigenvalue weighted by molar-refractivity contribution is -0.119. The van der Waals surface area contributed by atoms with Crippen molar-refractivity contribution in [1.82, 2.24) is 4.90 Å². The molecule has 0 heterocycles. The van der Waals surface area contributed by atoms with Crippen LogP contribution in [0.3, 0.4) is 0 Å². The number of carbonyl (C=O) groups excluding carboxylic acids is 1. The number of hydrogen-bond acceptors (Lipinski definition) is 3. The molecular weight excluding hydrogens is 235 g/mol. The van der Waals surface area contributed by atoms with E-state index >= 15 is 0 Å². The first-order valence-corrected chi connectivity index (χ1v) is 5.90. The predicted molar refractivity (Wildman–Crippen MR) is 67.8 cm³/mol. The summed E-state index contributed by atoms with van der Waals surface area (Å²) in [6.07, 6.45) is 0. The van der Waals surface area contributed by atoms with E-state index in [0.717, 1.165) is 0 Å². The van der Waals surface area contributed by atoms with Crippen molar-refractivity contribution in [1.29, 1.82) is 0 Å². The average molecular weight is 254 g/mol. The fraction of sp³-hybridized carbons (Fsp3) is 0.462. The monoisotopic (exact) mass is 254 g/mol. The van der Waals surface area contributed by atoms with Crippen LogP contribution in [-0.2, 0) is 4.79 Å². The molecular formula is C13H19FN2O2. The number of nitrogens with two attached hydrogens (primary N) is 1. The molecule has 0 saturated carbocycles. The van der Waals surface area contributed by atoms with E-state index in [9.17, 15) is 9.18 Å². The molecule has 0 aliphatic heterocycles. The average Bonchev–Trinajstić information content (AvgIpc) is 2.29. The first-order chi connectivity index (χ1) is 8.50. The van der Waals surface area contributed by atoms with E-state index in [4.69, 9.17) is 10.5 Å². The molecule has 0 fully saturated rings. The molecule has 0 aliphatic carbocycles. The van der Waals surface area contributed by atoms with Gasteiger partial charge in [-0.1, -0.05) is 12.1 Å². The van der Waals surface area contributed by atoms with Gasteiger partial charge in [0.15, 0.2) is 11.6 Å². The van der Waals surface area contributed by atoms with E-state index in [1.54, 1.807) is 18.2 Å². The standard InChI is InChI=1S/C13H19FN2O2/c1-10(2)16(9-13(15)17)7-8-18-12-6-4-3-5-11(12)14/h3-6,10H,7-9H2,1-2H3,(H2,15,17). The van der Waals surface area contributed by atoms with Gasteiger partial charge in [-0.05, 0) is 26.0 Å². The van der Waals surface area contributed by atoms with Gasteiger partial charge in [0.1, 0.15) is 6.61 Å². The fourth-order valence-corrected chi connectivity index (χ4v) is 1.55. The van der Waals surface area contributed by atoms with Gasteiger partial charge in [0.25, 0.3) is 0 Å². The van der Waals surface area contributed by atoms with Crippen LogP contribution in [0.2, 0.25) is 0 Å². The van der Waals surface area contributed by atoms with E-state index < -0.39 is 0 Å². The maximum absolute atomic E-state index is 13.3. The van der Waals surface area contributed by atoms with Crippen molar-refractivity contribution in [3.8, 4) is 5.75 Å². The van der Waals surface area contributed by atoms with Crippen molar-refractivity contribution in [3.05, 3.63) is 30.1 Å². The topological polar surface area (TPSA) is 55.6 Å². The number of carbonyl (C=O) groups is 1. The van der Waals surface area contributed by atoms with Crippen LogP contribution < -0.4 is 10.5 Å². The number of amides is 1. The maximum atomic E-state index is 13.3. The third kappa shape index (κ3) is 4.71. The Kier molecular flexibility index (Phi) is 5.58. The van der Waals surface area contributed by atoms with Gasteiger partial charge in [0.2, 0.25) is 5.91 Å². The van der Waals surface area contributed by atoms with E-state index in [2.05, 4.69) is 0 Å². The summed E-state index contributed by atoms with van der Waals surface area (Å²) in [6.45, 7) is 4.94. The normalized spacial score (nSPS) is 10.9. The highest BCUT2D eigenvalue weighted by Crippen LogP contribution is 2.15. The zero-order valence-corrected chi connectivity index (χ0v) is 10.7. The molecule has 5 heteroatoms. The Morgan fingerprint density at radius 2 is 2.11 bits per heavy atom. The number of ether oxygens (including phenoxy) is 1. The molecule has 0 spiro atoms. The summed E-state index contributed by atoms with van der Waals surface area (Å²) in [6, 6.07) is 6.42. The van der Waals surface area contributed by atoms with Crippen LogP contribution in [0.4, 0.5) is 4.39 Å². The zero-order chi connectivity index (χ0) is 13.5. The molecule has 0 radical (unpaired) electrons. The van der Waals surface area contributed by atoms with Gasteiger partial charge < -0.3 is 10.5 Å². The highest BCUT2D eigenvalue weighted by molar-refractivity contribution is 5.75. The molecule has 4 nitrogen and oxygen atoms in total. The molecule has 1 rings (SSSR count). The van der Waals surface area contributed by atoms with Gasteiger partial charge in [0.05, 0.1) is 6.54 Å². The van der Waals surface area contributed by atoms with Crippen molar-refractivity contribution in [3.63, 3.8) is 0 Å². The number of para-hydroxylation sites is 1. The van der Waals surface area contributed by atoms with Crippen molar-refractivity contribution in [2.45, 2.75) is 19.9 Å². The minimum absolute atomic E-state index is 0.179. The summed E-state index contributed by atoms with van der Waals surface area (Å²) in [5, 5.41) is 0. The molecule has 0 unspecified atom stereocenters. The second kappa shape index (κ2) is 6.96. The Hall–Kier alpha value is -1.62. The zero-order valence-electron chi connectivity index (χ0n) is 10.7. The summed E-state index contributed by atoms with van der Waals surface area (Å²) in [5.74, 6) is -0.543. The van der Waals surface area contributed by atoms with Crippen LogP contribution in [0.1, 0.15) is 13.8 Å². The van der Waals surface area contributed by atoms with E-state index in [1.807, 2.05) is 18.7 Å². The minimum Gasteiger partial charge on any atom is -0.489 e. The quantitative estimate of drug-likeness (QED) is 0.800. The van der Waals surface area contributed by atoms with Crippen molar-refractivity contribution >= 4 is 5.91 Å². The van der Waals surface area contributed by atoms with Crippen molar-refractivity contribution in [2.24, 2.45) is 5.73 Å². The number of hydrogen-bond donors (Lipinski definition) is 1. The van der Waals surface area contributed by atoms with Gasteiger partial charge >= 0.3 is 0 Å². The second-order valence-corrected chi connectivity index (χ2v) is 4.31. The summed E-state index contributed by atoms with van der Waals surface area (Å²) in [5.41, 5.74) is 5.16. The minimum atomic E-state index is -0.386. The lowest BCUT2D eigenvalue weighted by Crippen LogP contribution is -2.40. The highest BCUT2D eigenvalue weighted by Gasteiger charge is 2.12. The Morgan fingerprint density at radius 1 is 1.44 bits per heavy atom. The van der Waals surface area contributed by atoms with Crippen molar-refractivity contribution in [2.75, 3.05) is 19.7 Å². The van der Waals surface area contributed by atoms with Crippen LogP contribution in [-0.4, -0.2) is 36.5 Å². The Labute approximate surface area is 107 Å². The van der Waals surface area contributed by atoms with Crippen LogP contribution in [0.15, 0.2) is 24.3 Å². The molecule has 1 aromatic rings. The molecule has 18 heavy (non-hydrogen) atoms. The van der Waals surface area contributed by atoms with E-state index in [-0.39, 0.29) is 30.1 Å². The van der Waals surface area contributed by atoms with E-state index in [1.165, 1.54) is 6.07 Å². The third-order valence-electron chi connectivity index (χ3n) is 2.56. The van der Waals surface area contributed by atoms with E-state index in [0.29, 0.717) is 13.2 Å². The molecule has 100 valence electrons. The Morgan fingerprint density at radius 3 is 2.67 bits per heavy atom. The number of nitrogens with zero attached hydrogens (tertiary/aromatic N) is 1. The molecule has 0 bridgehead atoms. The lowest BCUT2D eigenvalue weighted by atomic mass is 10.3. The number of rotatable bonds is 7. The molecule has 0 saturated heterocycles. The van der Waals surface area contributed by atoms with Gasteiger partial charge in [-0.3, -0.25) is 9.69 Å². The maximum Gasteiger partial charge on any atom is 0.231 e. The fourth-order valence-electron chi connectivity index (χ4n) is 1.55. The van der Waals surface area contributed by atoms with Crippen LogP contribution in [0, 0.1) is 5.82 Å². The van der Waals surface area contributed by atoms with Gasteiger partial charge in [-0.25, -0.2) is 4.39 Å². The Balaban J connectivity index is 2.44. The smallest absolute Gasteiger partial charge is 0.231 e. The van der Waals surface area contributed by atoms with Gasteiger partial charge in [-0.2, -0.15) is 0 Å². The Bertz CT molecular complexity index is 396. The van der Waals surface area contributed by atoms with Crippen LogP contribution in [0.5, 0.6) is 5.75 Å². The first kappa shape index (κ1) is 14.4. The molecule has 0 aliphatic rings.